The molecule has 0 radical (unpaired) electrons. The van der Waals surface area contributed by atoms with Crippen molar-refractivity contribution in [1.29, 1.82) is 0 Å². The molecule has 9 heteroatoms. The molecular formula is C21H30N4O5. The van der Waals surface area contributed by atoms with Gasteiger partial charge in [-0.05, 0) is 24.3 Å². The SMILES string of the molecule is C[C@@H]1CCCC[C@H]1NC(=O)CNC(=O)CNC(=O)CNC(=O)OCc1ccccc1. The monoisotopic (exact) mass is 418 g/mol. The molecule has 0 spiro atoms. The van der Waals surface area contributed by atoms with E-state index in [0.717, 1.165) is 24.8 Å². The largest absolute Gasteiger partial charge is 0.445 e. The van der Waals surface area contributed by atoms with Crippen LogP contribution in [0.1, 0.15) is 38.2 Å². The van der Waals surface area contributed by atoms with E-state index < -0.39 is 17.9 Å². The minimum atomic E-state index is -0.730. The third-order valence-corrected chi connectivity index (χ3v) is 4.96. The van der Waals surface area contributed by atoms with Gasteiger partial charge in [-0.15, -0.1) is 0 Å². The fourth-order valence-electron chi connectivity index (χ4n) is 3.20. The Morgan fingerprint density at radius 1 is 0.867 bits per heavy atom. The van der Waals surface area contributed by atoms with Gasteiger partial charge in [0.05, 0.1) is 13.1 Å². The van der Waals surface area contributed by atoms with E-state index in [-0.39, 0.29) is 38.2 Å². The summed E-state index contributed by atoms with van der Waals surface area (Å²) >= 11 is 0. The molecule has 0 aromatic heterocycles. The Bertz CT molecular complexity index is 725. The average Bonchev–Trinajstić information content (AvgIpc) is 2.75. The molecule has 164 valence electrons. The average molecular weight is 418 g/mol. The Morgan fingerprint density at radius 2 is 1.47 bits per heavy atom. The van der Waals surface area contributed by atoms with Gasteiger partial charge >= 0.3 is 6.09 Å². The van der Waals surface area contributed by atoms with E-state index in [1.54, 1.807) is 0 Å². The third-order valence-electron chi connectivity index (χ3n) is 4.96. The lowest BCUT2D eigenvalue weighted by atomic mass is 9.86. The Kier molecular flexibility index (Phi) is 9.63. The molecule has 1 aromatic rings. The second kappa shape index (κ2) is 12.5. The van der Waals surface area contributed by atoms with Crippen LogP contribution < -0.4 is 21.3 Å². The van der Waals surface area contributed by atoms with Crippen molar-refractivity contribution in [2.24, 2.45) is 5.92 Å². The van der Waals surface area contributed by atoms with Crippen LogP contribution in [-0.4, -0.2) is 49.5 Å². The Labute approximate surface area is 176 Å². The van der Waals surface area contributed by atoms with Crippen molar-refractivity contribution in [3.63, 3.8) is 0 Å². The molecular weight excluding hydrogens is 388 g/mol. The fourth-order valence-corrected chi connectivity index (χ4v) is 3.20. The number of rotatable bonds is 9. The van der Waals surface area contributed by atoms with Gasteiger partial charge in [0.2, 0.25) is 17.7 Å². The van der Waals surface area contributed by atoms with Gasteiger partial charge < -0.3 is 26.0 Å². The summed E-state index contributed by atoms with van der Waals surface area (Å²) in [6.07, 6.45) is 3.60. The Morgan fingerprint density at radius 3 is 2.13 bits per heavy atom. The zero-order valence-electron chi connectivity index (χ0n) is 17.2. The molecule has 30 heavy (non-hydrogen) atoms. The Balaban J connectivity index is 1.53. The third kappa shape index (κ3) is 8.93. The van der Waals surface area contributed by atoms with E-state index in [1.165, 1.54) is 6.42 Å². The molecule has 1 fully saturated rings. The molecule has 1 aliphatic carbocycles. The standard InChI is InChI=1S/C21H30N4O5/c1-15-7-5-6-10-17(15)25-20(28)13-23-18(26)11-22-19(27)12-24-21(29)30-14-16-8-3-2-4-9-16/h2-4,8-9,15,17H,5-7,10-14H2,1H3,(H,22,27)(H,23,26)(H,24,29)(H,25,28)/t15-,17-/m1/s1. The van der Waals surface area contributed by atoms with Crippen LogP contribution in [0.2, 0.25) is 0 Å². The topological polar surface area (TPSA) is 126 Å². The lowest BCUT2D eigenvalue weighted by molar-refractivity contribution is -0.127. The maximum absolute atomic E-state index is 12.0. The van der Waals surface area contributed by atoms with Crippen LogP contribution in [-0.2, 0) is 25.7 Å². The van der Waals surface area contributed by atoms with Crippen molar-refractivity contribution >= 4 is 23.8 Å². The molecule has 1 aromatic carbocycles. The van der Waals surface area contributed by atoms with Crippen molar-refractivity contribution in [3.05, 3.63) is 35.9 Å². The maximum atomic E-state index is 12.0. The lowest BCUT2D eigenvalue weighted by Gasteiger charge is -2.29. The van der Waals surface area contributed by atoms with Crippen molar-refractivity contribution in [3.8, 4) is 0 Å². The van der Waals surface area contributed by atoms with Crippen LogP contribution in [0.15, 0.2) is 30.3 Å². The summed E-state index contributed by atoms with van der Waals surface area (Å²) in [5.41, 5.74) is 0.829. The minimum Gasteiger partial charge on any atom is -0.445 e. The highest BCUT2D eigenvalue weighted by Gasteiger charge is 2.22. The highest BCUT2D eigenvalue weighted by Crippen LogP contribution is 2.23. The van der Waals surface area contributed by atoms with Crippen LogP contribution in [0.25, 0.3) is 0 Å². The van der Waals surface area contributed by atoms with E-state index in [2.05, 4.69) is 28.2 Å². The smallest absolute Gasteiger partial charge is 0.407 e. The molecule has 0 bridgehead atoms. The first-order valence-corrected chi connectivity index (χ1v) is 10.2. The van der Waals surface area contributed by atoms with Crippen LogP contribution in [0.5, 0.6) is 0 Å². The van der Waals surface area contributed by atoms with Crippen LogP contribution in [0.3, 0.4) is 0 Å². The second-order valence-electron chi connectivity index (χ2n) is 7.40. The summed E-state index contributed by atoms with van der Waals surface area (Å²) in [7, 11) is 0. The van der Waals surface area contributed by atoms with Crippen LogP contribution in [0.4, 0.5) is 4.79 Å². The van der Waals surface area contributed by atoms with Gasteiger partial charge in [-0.1, -0.05) is 50.1 Å². The molecule has 1 aliphatic rings. The summed E-state index contributed by atoms with van der Waals surface area (Å²) in [4.78, 5) is 47.1. The number of alkyl carbamates (subject to hydrolysis) is 1. The number of ether oxygens (including phenoxy) is 1. The number of carbonyl (C=O) groups is 4. The number of hydrogen-bond donors (Lipinski definition) is 4. The van der Waals surface area contributed by atoms with Gasteiger partial charge in [0.25, 0.3) is 0 Å². The molecule has 1 saturated carbocycles. The minimum absolute atomic E-state index is 0.0956. The molecule has 0 heterocycles. The Hall–Kier alpha value is -3.10. The molecule has 4 N–H and O–H groups in total. The number of hydrogen-bond acceptors (Lipinski definition) is 5. The molecule has 0 saturated heterocycles. The maximum Gasteiger partial charge on any atom is 0.407 e. The van der Waals surface area contributed by atoms with E-state index in [1.807, 2.05) is 30.3 Å². The van der Waals surface area contributed by atoms with Crippen molar-refractivity contribution < 1.29 is 23.9 Å². The van der Waals surface area contributed by atoms with E-state index in [9.17, 15) is 19.2 Å². The van der Waals surface area contributed by atoms with Gasteiger partial charge in [-0.25, -0.2) is 4.79 Å². The molecule has 9 nitrogen and oxygen atoms in total. The number of nitrogens with one attached hydrogen (secondary N) is 4. The summed E-state index contributed by atoms with van der Waals surface area (Å²) in [6, 6.07) is 9.29. The van der Waals surface area contributed by atoms with Crippen LogP contribution in [0, 0.1) is 5.92 Å². The lowest BCUT2D eigenvalue weighted by Crippen LogP contribution is -2.47. The van der Waals surface area contributed by atoms with Gasteiger partial charge in [-0.2, -0.15) is 0 Å². The first-order valence-electron chi connectivity index (χ1n) is 10.2. The molecule has 0 aliphatic heterocycles. The predicted molar refractivity (Wildman–Crippen MR) is 110 cm³/mol. The number of carbonyl (C=O) groups excluding carboxylic acids is 4. The first-order chi connectivity index (χ1) is 14.4. The quantitative estimate of drug-likeness (QED) is 0.473. The van der Waals surface area contributed by atoms with E-state index >= 15 is 0 Å². The zero-order valence-corrected chi connectivity index (χ0v) is 17.2. The van der Waals surface area contributed by atoms with Crippen molar-refractivity contribution in [1.82, 2.24) is 21.3 Å². The van der Waals surface area contributed by atoms with Gasteiger partial charge in [0.1, 0.15) is 13.2 Å². The molecule has 2 rings (SSSR count). The second-order valence-corrected chi connectivity index (χ2v) is 7.40. The molecule has 4 amide bonds. The predicted octanol–water partition coefficient (Wildman–Crippen LogP) is 0.840. The van der Waals surface area contributed by atoms with E-state index in [4.69, 9.17) is 4.74 Å². The summed E-state index contributed by atoms with van der Waals surface area (Å²) in [6.45, 7) is 1.47. The fraction of sp³-hybridized carbons (Fsp3) is 0.524. The summed E-state index contributed by atoms with van der Waals surface area (Å²) in [5, 5.41) is 10.1. The molecule has 2 atom stereocenters. The van der Waals surface area contributed by atoms with Crippen molar-refractivity contribution in [2.45, 2.75) is 45.3 Å². The molecule has 0 unspecified atom stereocenters. The summed E-state index contributed by atoms with van der Waals surface area (Å²) < 4.78 is 4.99. The normalized spacial score (nSPS) is 18.0. The van der Waals surface area contributed by atoms with E-state index in [0.29, 0.717) is 5.92 Å². The zero-order chi connectivity index (χ0) is 21.8. The number of amides is 4. The highest BCUT2D eigenvalue weighted by atomic mass is 16.5. The van der Waals surface area contributed by atoms with Gasteiger partial charge in [-0.3, -0.25) is 14.4 Å². The van der Waals surface area contributed by atoms with Gasteiger partial charge in [0.15, 0.2) is 0 Å². The van der Waals surface area contributed by atoms with Gasteiger partial charge in [0, 0.05) is 6.04 Å². The first kappa shape index (κ1) is 23.2. The number of benzene rings is 1. The summed E-state index contributed by atoms with van der Waals surface area (Å²) in [5.74, 6) is -0.829. The van der Waals surface area contributed by atoms with Crippen LogP contribution >= 0.6 is 0 Å². The highest BCUT2D eigenvalue weighted by molar-refractivity contribution is 5.89. The van der Waals surface area contributed by atoms with Crippen molar-refractivity contribution in [2.75, 3.05) is 19.6 Å².